The maximum atomic E-state index is 13.0. The third-order valence-corrected chi connectivity index (χ3v) is 2.25. The van der Waals surface area contributed by atoms with Crippen molar-refractivity contribution in [1.29, 1.82) is 5.26 Å². The molecular formula is C10H7ClFNO. The van der Waals surface area contributed by atoms with Crippen LogP contribution in [0.2, 0.25) is 5.02 Å². The van der Waals surface area contributed by atoms with Crippen LogP contribution in [0.3, 0.4) is 0 Å². The van der Waals surface area contributed by atoms with Gasteiger partial charge in [0.15, 0.2) is 0 Å². The van der Waals surface area contributed by atoms with E-state index < -0.39 is 5.82 Å². The molecule has 0 aliphatic heterocycles. The van der Waals surface area contributed by atoms with Crippen molar-refractivity contribution in [2.45, 2.75) is 18.9 Å². The van der Waals surface area contributed by atoms with E-state index in [1.165, 1.54) is 6.07 Å². The van der Waals surface area contributed by atoms with Gasteiger partial charge in [0.1, 0.15) is 17.6 Å². The van der Waals surface area contributed by atoms with Crippen LogP contribution in [0.4, 0.5) is 4.39 Å². The monoisotopic (exact) mass is 211 g/mol. The molecule has 1 fully saturated rings. The SMILES string of the molecule is N#Cc1cc(F)c(Cl)cc1OC1CC1. The van der Waals surface area contributed by atoms with Gasteiger partial charge in [-0.25, -0.2) is 4.39 Å². The number of nitrogens with zero attached hydrogens (tertiary/aromatic N) is 1. The summed E-state index contributed by atoms with van der Waals surface area (Å²) in [7, 11) is 0. The fraction of sp³-hybridized carbons (Fsp3) is 0.300. The van der Waals surface area contributed by atoms with Crippen LogP contribution in [0.25, 0.3) is 0 Å². The predicted octanol–water partition coefficient (Wildman–Crippen LogP) is 2.89. The zero-order valence-electron chi connectivity index (χ0n) is 7.26. The van der Waals surface area contributed by atoms with E-state index >= 15 is 0 Å². The zero-order valence-corrected chi connectivity index (χ0v) is 8.01. The van der Waals surface area contributed by atoms with Gasteiger partial charge in [-0.3, -0.25) is 0 Å². The zero-order chi connectivity index (χ0) is 10.1. The van der Waals surface area contributed by atoms with Gasteiger partial charge in [-0.05, 0) is 18.9 Å². The van der Waals surface area contributed by atoms with E-state index in [2.05, 4.69) is 0 Å². The molecule has 14 heavy (non-hydrogen) atoms. The largest absolute Gasteiger partial charge is 0.489 e. The Bertz CT molecular complexity index is 409. The van der Waals surface area contributed by atoms with Crippen LogP contribution in [0.1, 0.15) is 18.4 Å². The van der Waals surface area contributed by atoms with E-state index in [4.69, 9.17) is 21.6 Å². The van der Waals surface area contributed by atoms with Gasteiger partial charge in [0.2, 0.25) is 0 Å². The molecule has 4 heteroatoms. The van der Waals surface area contributed by atoms with Crippen LogP contribution >= 0.6 is 11.6 Å². The second-order valence-electron chi connectivity index (χ2n) is 3.19. The minimum Gasteiger partial charge on any atom is -0.489 e. The molecule has 72 valence electrons. The van der Waals surface area contributed by atoms with Gasteiger partial charge in [-0.1, -0.05) is 11.6 Å². The highest BCUT2D eigenvalue weighted by atomic mass is 35.5. The standard InChI is InChI=1S/C10H7ClFNO/c11-8-4-10(14-7-1-2-7)6(5-13)3-9(8)12/h3-4,7H,1-2H2. The summed E-state index contributed by atoms with van der Waals surface area (Å²) in [4.78, 5) is 0. The van der Waals surface area contributed by atoms with Crippen molar-refractivity contribution in [3.8, 4) is 11.8 Å². The van der Waals surface area contributed by atoms with Crippen molar-refractivity contribution in [2.75, 3.05) is 0 Å². The van der Waals surface area contributed by atoms with E-state index in [0.717, 1.165) is 18.9 Å². The Kier molecular flexibility index (Phi) is 2.30. The average molecular weight is 212 g/mol. The lowest BCUT2D eigenvalue weighted by Gasteiger charge is -2.06. The van der Waals surface area contributed by atoms with Crippen LogP contribution in [-0.2, 0) is 0 Å². The molecule has 1 aromatic carbocycles. The van der Waals surface area contributed by atoms with Gasteiger partial charge in [-0.2, -0.15) is 5.26 Å². The molecule has 0 atom stereocenters. The Morgan fingerprint density at radius 1 is 1.50 bits per heavy atom. The molecular weight excluding hydrogens is 205 g/mol. The molecule has 0 bridgehead atoms. The second-order valence-corrected chi connectivity index (χ2v) is 3.60. The van der Waals surface area contributed by atoms with Crippen molar-refractivity contribution in [2.24, 2.45) is 0 Å². The quantitative estimate of drug-likeness (QED) is 0.754. The highest BCUT2D eigenvalue weighted by Gasteiger charge is 2.25. The lowest BCUT2D eigenvalue weighted by atomic mass is 10.2. The topological polar surface area (TPSA) is 33.0 Å². The summed E-state index contributed by atoms with van der Waals surface area (Å²) in [5, 5.41) is 8.71. The number of hydrogen-bond acceptors (Lipinski definition) is 2. The van der Waals surface area contributed by atoms with Crippen molar-refractivity contribution in [3.63, 3.8) is 0 Å². The Morgan fingerprint density at radius 3 is 2.79 bits per heavy atom. The third-order valence-electron chi connectivity index (χ3n) is 1.96. The minimum atomic E-state index is -0.591. The Morgan fingerprint density at radius 2 is 2.21 bits per heavy atom. The summed E-state index contributed by atoms with van der Waals surface area (Å²) in [5.41, 5.74) is 0.193. The van der Waals surface area contributed by atoms with Gasteiger partial charge in [0.05, 0.1) is 16.7 Å². The van der Waals surface area contributed by atoms with Crippen molar-refractivity contribution < 1.29 is 9.13 Å². The molecule has 1 saturated carbocycles. The molecule has 2 rings (SSSR count). The number of rotatable bonds is 2. The van der Waals surface area contributed by atoms with Crippen LogP contribution in [-0.4, -0.2) is 6.10 Å². The molecule has 0 spiro atoms. The van der Waals surface area contributed by atoms with Crippen molar-refractivity contribution in [3.05, 3.63) is 28.5 Å². The highest BCUT2D eigenvalue weighted by Crippen LogP contribution is 2.31. The van der Waals surface area contributed by atoms with Gasteiger partial charge < -0.3 is 4.74 Å². The highest BCUT2D eigenvalue weighted by molar-refractivity contribution is 6.30. The summed E-state index contributed by atoms with van der Waals surface area (Å²) in [5.74, 6) is -0.215. The summed E-state index contributed by atoms with van der Waals surface area (Å²) in [6, 6.07) is 4.33. The van der Waals surface area contributed by atoms with E-state index in [0.29, 0.717) is 5.75 Å². The molecule has 0 heterocycles. The maximum Gasteiger partial charge on any atom is 0.143 e. The molecule has 2 nitrogen and oxygen atoms in total. The third kappa shape index (κ3) is 1.80. The normalized spacial score (nSPS) is 14.9. The lowest BCUT2D eigenvalue weighted by molar-refractivity contribution is 0.302. The summed E-state index contributed by atoms with van der Waals surface area (Å²) < 4.78 is 18.4. The van der Waals surface area contributed by atoms with Gasteiger partial charge in [0, 0.05) is 6.07 Å². The molecule has 0 aromatic heterocycles. The summed E-state index contributed by atoms with van der Waals surface area (Å²) in [6.45, 7) is 0. The first-order valence-electron chi connectivity index (χ1n) is 4.26. The van der Waals surface area contributed by atoms with Crippen LogP contribution in [0.15, 0.2) is 12.1 Å². The molecule has 1 aliphatic rings. The van der Waals surface area contributed by atoms with E-state index in [9.17, 15) is 4.39 Å². The summed E-state index contributed by atoms with van der Waals surface area (Å²) in [6.07, 6.45) is 2.14. The number of benzene rings is 1. The van der Waals surface area contributed by atoms with Crippen molar-refractivity contribution >= 4 is 11.6 Å². The molecule has 1 aliphatic carbocycles. The summed E-state index contributed by atoms with van der Waals surface area (Å²) >= 11 is 5.58. The number of hydrogen-bond donors (Lipinski definition) is 0. The van der Waals surface area contributed by atoms with E-state index in [1.807, 2.05) is 6.07 Å². The van der Waals surface area contributed by atoms with Gasteiger partial charge >= 0.3 is 0 Å². The van der Waals surface area contributed by atoms with E-state index in [-0.39, 0.29) is 16.7 Å². The Balaban J connectivity index is 2.36. The average Bonchev–Trinajstić information content (AvgIpc) is 2.95. The second kappa shape index (κ2) is 3.47. The molecule has 0 unspecified atom stereocenters. The molecule has 1 aromatic rings. The van der Waals surface area contributed by atoms with Crippen LogP contribution in [0.5, 0.6) is 5.75 Å². The minimum absolute atomic E-state index is 0.0142. The Hall–Kier alpha value is -1.27. The van der Waals surface area contributed by atoms with E-state index in [1.54, 1.807) is 0 Å². The first-order chi connectivity index (χ1) is 6.70. The van der Waals surface area contributed by atoms with Gasteiger partial charge in [-0.15, -0.1) is 0 Å². The molecule has 0 N–H and O–H groups in total. The fourth-order valence-electron chi connectivity index (χ4n) is 1.08. The molecule has 0 amide bonds. The van der Waals surface area contributed by atoms with Crippen LogP contribution in [0, 0.1) is 17.1 Å². The van der Waals surface area contributed by atoms with Gasteiger partial charge in [0.25, 0.3) is 0 Å². The number of nitriles is 1. The van der Waals surface area contributed by atoms with Crippen molar-refractivity contribution in [1.82, 2.24) is 0 Å². The number of ether oxygens (including phenoxy) is 1. The predicted molar refractivity (Wildman–Crippen MR) is 49.8 cm³/mol. The first-order valence-corrected chi connectivity index (χ1v) is 4.64. The smallest absolute Gasteiger partial charge is 0.143 e. The van der Waals surface area contributed by atoms with Crippen LogP contribution < -0.4 is 4.74 Å². The molecule has 0 saturated heterocycles. The molecule has 0 radical (unpaired) electrons. The fourth-order valence-corrected chi connectivity index (χ4v) is 1.23. The Labute approximate surface area is 85.9 Å². The number of halogens is 2. The first kappa shape index (κ1) is 9.29. The maximum absolute atomic E-state index is 13.0. The lowest BCUT2D eigenvalue weighted by Crippen LogP contribution is -1.98.